The fourth-order valence-electron chi connectivity index (χ4n) is 10.2. The monoisotopic (exact) mass is 744 g/mol. The van der Waals surface area contributed by atoms with Crippen molar-refractivity contribution in [3.63, 3.8) is 0 Å². The van der Waals surface area contributed by atoms with Crippen LogP contribution in [0.5, 0.6) is 0 Å². The van der Waals surface area contributed by atoms with Crippen LogP contribution in [-0.2, 0) is 5.41 Å². The van der Waals surface area contributed by atoms with E-state index in [0.717, 1.165) is 5.69 Å². The minimum absolute atomic E-state index is 0.527. The van der Waals surface area contributed by atoms with Crippen LogP contribution < -0.4 is 10.6 Å². The predicted octanol–water partition coefficient (Wildman–Crippen LogP) is 12.5. The summed E-state index contributed by atoms with van der Waals surface area (Å²) in [7, 11) is 0. The maximum absolute atomic E-state index is 4.18. The molecule has 1 unspecified atom stereocenters. The molecule has 2 aliphatic heterocycles. The topological polar surface area (TPSA) is 9.86 Å². The van der Waals surface area contributed by atoms with Gasteiger partial charge in [-0.3, -0.25) is 0 Å². The molecule has 3 heteroatoms. The van der Waals surface area contributed by atoms with E-state index in [-0.39, 0.29) is 0 Å². The van der Waals surface area contributed by atoms with Crippen molar-refractivity contribution in [3.05, 3.63) is 216 Å². The Kier molecular flexibility index (Phi) is 6.88. The molecule has 268 valence electrons. The Morgan fingerprint density at radius 1 is 0.509 bits per heavy atom. The van der Waals surface area contributed by atoms with Gasteiger partial charge >= 0.3 is 0 Å². The summed E-state index contributed by atoms with van der Waals surface area (Å²) in [6, 6.07) is 65.3. The van der Waals surface area contributed by atoms with Crippen LogP contribution in [0.4, 0.5) is 0 Å². The van der Waals surface area contributed by atoms with E-state index in [1.165, 1.54) is 103 Å². The highest BCUT2D eigenvalue weighted by molar-refractivity contribution is 7.99. The van der Waals surface area contributed by atoms with Crippen molar-refractivity contribution in [1.29, 1.82) is 0 Å². The van der Waals surface area contributed by atoms with Crippen LogP contribution in [0.3, 0.4) is 0 Å². The summed E-state index contributed by atoms with van der Waals surface area (Å²) in [5.41, 5.74) is 13.2. The Morgan fingerprint density at radius 3 is 2.00 bits per heavy atom. The smallest absolute Gasteiger partial charge is 0.0724 e. The number of hydrogen-bond donors (Lipinski definition) is 0. The molecule has 1 spiro atoms. The van der Waals surface area contributed by atoms with E-state index >= 15 is 0 Å². The first kappa shape index (κ1) is 32.4. The molecule has 2 nitrogen and oxygen atoms in total. The predicted molar refractivity (Wildman–Crippen MR) is 240 cm³/mol. The Morgan fingerprint density at radius 2 is 1.18 bits per heavy atom. The fraction of sp³-hybridized carbons (Fsp3) is 0.0370. The molecule has 10 aromatic rings. The van der Waals surface area contributed by atoms with Crippen LogP contribution in [0.1, 0.15) is 23.6 Å². The molecule has 2 aliphatic rings. The third kappa shape index (κ3) is 4.38. The minimum atomic E-state index is -0.527. The minimum Gasteiger partial charge on any atom is -0.309 e. The van der Waals surface area contributed by atoms with E-state index < -0.39 is 5.41 Å². The number of hydrogen-bond acceptors (Lipinski definition) is 1. The van der Waals surface area contributed by atoms with E-state index in [4.69, 9.17) is 0 Å². The average Bonchev–Trinajstić information content (AvgIpc) is 3.77. The number of aromatic nitrogens is 2. The highest BCUT2D eigenvalue weighted by Gasteiger charge is 2.48. The van der Waals surface area contributed by atoms with Gasteiger partial charge in [0.2, 0.25) is 0 Å². The molecule has 0 amide bonds. The van der Waals surface area contributed by atoms with Gasteiger partial charge in [0.05, 0.1) is 33.0 Å². The van der Waals surface area contributed by atoms with Crippen LogP contribution in [0.25, 0.3) is 77.6 Å². The largest absolute Gasteiger partial charge is 0.309 e. The Labute approximate surface area is 335 Å². The summed E-state index contributed by atoms with van der Waals surface area (Å²) in [5.74, 6) is 0. The highest BCUT2D eigenvalue weighted by atomic mass is 32.2. The fourth-order valence-corrected chi connectivity index (χ4v) is 11.4. The van der Waals surface area contributed by atoms with Crippen LogP contribution in [-0.4, -0.2) is 9.13 Å². The maximum atomic E-state index is 4.18. The zero-order valence-corrected chi connectivity index (χ0v) is 32.2. The molecule has 1 atom stereocenters. The van der Waals surface area contributed by atoms with Crippen molar-refractivity contribution in [2.75, 3.05) is 0 Å². The van der Waals surface area contributed by atoms with E-state index in [1.54, 1.807) is 0 Å². The SMILES string of the molecule is C=C/C=c1\c2n(c3ccccc13)-c1ccccc1C1(C=2C)c2ccccc2Sc2cc3c(cc21)c1ccccc1n3-c1ccc(-c2ccc3ccccc3c2)cc1. The van der Waals surface area contributed by atoms with Crippen LogP contribution in [0.2, 0.25) is 0 Å². The Hall–Kier alpha value is -6.81. The number of nitrogens with zero attached hydrogens (tertiary/aromatic N) is 2. The molecule has 12 rings (SSSR count). The summed E-state index contributed by atoms with van der Waals surface area (Å²) in [4.78, 5) is 2.57. The molecule has 8 aromatic carbocycles. The Balaban J connectivity index is 1.15. The molecule has 2 aromatic heterocycles. The van der Waals surface area contributed by atoms with Crippen LogP contribution >= 0.6 is 11.8 Å². The summed E-state index contributed by atoms with van der Waals surface area (Å²) in [5, 5.41) is 8.73. The first-order valence-corrected chi connectivity index (χ1v) is 20.4. The standard InChI is InChI=1S/C54H36N2S/c1-3-14-42-40-17-6-11-22-48(40)56-49-23-12-8-19-44(49)54(34(2)53(42)56)45-20-9-13-24-51(45)57-52-33-50-43(32-46(52)54)41-18-7-10-21-47(41)55(50)39-29-27-36(28-30-39)38-26-25-35-15-4-5-16-37(35)31-38/h3-33H,1H2,2H3/b42-14-. The maximum Gasteiger partial charge on any atom is 0.0724 e. The molecule has 0 aliphatic carbocycles. The lowest BCUT2D eigenvalue weighted by Gasteiger charge is -2.45. The summed E-state index contributed by atoms with van der Waals surface area (Å²) < 4.78 is 4.96. The summed E-state index contributed by atoms with van der Waals surface area (Å²) in [6.07, 6.45) is 4.14. The second-order valence-electron chi connectivity index (χ2n) is 15.3. The second-order valence-corrected chi connectivity index (χ2v) is 16.4. The number of fused-ring (bicyclic) bond motifs is 14. The lowest BCUT2D eigenvalue weighted by atomic mass is 9.63. The normalized spacial score (nSPS) is 15.9. The Bertz CT molecular complexity index is 3470. The van der Waals surface area contributed by atoms with Gasteiger partial charge in [-0.15, -0.1) is 0 Å². The molecule has 4 heterocycles. The van der Waals surface area contributed by atoms with Gasteiger partial charge in [0, 0.05) is 36.9 Å². The van der Waals surface area contributed by atoms with Crippen molar-refractivity contribution in [2.45, 2.75) is 22.1 Å². The lowest BCUT2D eigenvalue weighted by molar-refractivity contribution is 0.712. The van der Waals surface area contributed by atoms with E-state index in [9.17, 15) is 0 Å². The van der Waals surface area contributed by atoms with E-state index in [0.29, 0.717) is 0 Å². The van der Waals surface area contributed by atoms with Gasteiger partial charge in [-0.1, -0.05) is 152 Å². The quantitative estimate of drug-likeness (QED) is 0.175. The number of rotatable bonds is 3. The molecule has 0 radical (unpaired) electrons. The van der Waals surface area contributed by atoms with Crippen molar-refractivity contribution in [1.82, 2.24) is 9.13 Å². The highest BCUT2D eigenvalue weighted by Crippen LogP contribution is 2.59. The zero-order valence-electron chi connectivity index (χ0n) is 31.4. The third-order valence-corrected chi connectivity index (χ3v) is 13.7. The van der Waals surface area contributed by atoms with Gasteiger partial charge in [0.25, 0.3) is 0 Å². The van der Waals surface area contributed by atoms with Gasteiger partial charge in [0.1, 0.15) is 0 Å². The first-order chi connectivity index (χ1) is 28.1. The number of benzene rings is 8. The van der Waals surface area contributed by atoms with Gasteiger partial charge in [-0.05, 0) is 106 Å². The zero-order chi connectivity index (χ0) is 37.8. The van der Waals surface area contributed by atoms with Gasteiger partial charge in [-0.2, -0.15) is 0 Å². The molecular weight excluding hydrogens is 709 g/mol. The van der Waals surface area contributed by atoms with Crippen LogP contribution in [0, 0.1) is 0 Å². The number of para-hydroxylation sites is 3. The summed E-state index contributed by atoms with van der Waals surface area (Å²) in [6.45, 7) is 6.56. The van der Waals surface area contributed by atoms with Gasteiger partial charge in [-0.25, -0.2) is 0 Å². The van der Waals surface area contributed by atoms with Crippen LogP contribution in [0.15, 0.2) is 198 Å². The van der Waals surface area contributed by atoms with Crippen molar-refractivity contribution < 1.29 is 0 Å². The molecule has 0 N–H and O–H groups in total. The van der Waals surface area contributed by atoms with E-state index in [1.807, 2.05) is 17.8 Å². The van der Waals surface area contributed by atoms with E-state index in [2.05, 4.69) is 205 Å². The molecule has 57 heavy (non-hydrogen) atoms. The number of allylic oxidation sites excluding steroid dienone is 1. The van der Waals surface area contributed by atoms with Crippen molar-refractivity contribution >= 4 is 66.9 Å². The molecule has 0 saturated carbocycles. The van der Waals surface area contributed by atoms with Gasteiger partial charge in [0.15, 0.2) is 0 Å². The molecule has 0 bridgehead atoms. The molecule has 0 fully saturated rings. The van der Waals surface area contributed by atoms with Crippen molar-refractivity contribution in [2.24, 2.45) is 0 Å². The summed E-state index contributed by atoms with van der Waals surface area (Å²) >= 11 is 1.90. The van der Waals surface area contributed by atoms with Gasteiger partial charge < -0.3 is 9.13 Å². The average molecular weight is 745 g/mol. The molecular formula is C54H36N2S. The lowest BCUT2D eigenvalue weighted by Crippen LogP contribution is -2.46. The van der Waals surface area contributed by atoms with Crippen molar-refractivity contribution in [3.8, 4) is 22.5 Å². The third-order valence-electron chi connectivity index (χ3n) is 12.6. The first-order valence-electron chi connectivity index (χ1n) is 19.6. The second kappa shape index (κ2) is 12.1. The molecule has 0 saturated heterocycles.